The molecule has 0 saturated carbocycles. The van der Waals surface area contributed by atoms with E-state index < -0.39 is 0 Å². The fourth-order valence-electron chi connectivity index (χ4n) is 1.75. The van der Waals surface area contributed by atoms with Crippen LogP contribution in [0, 0.1) is 0 Å². The quantitative estimate of drug-likeness (QED) is 0.695. The van der Waals surface area contributed by atoms with Crippen molar-refractivity contribution in [2.24, 2.45) is 0 Å². The third-order valence-corrected chi connectivity index (χ3v) is 3.63. The normalized spacial score (nSPS) is 12.9. The number of phenols is 2. The average Bonchev–Trinajstić information content (AvgIpc) is 2.10. The van der Waals surface area contributed by atoms with Gasteiger partial charge in [-0.05, 0) is 38.4 Å². The molecule has 0 amide bonds. The molecular weight excluding hydrogens is 280 g/mol. The van der Waals surface area contributed by atoms with Crippen molar-refractivity contribution in [1.82, 2.24) is 0 Å². The number of phenolic OH excluding ortho intramolecular Hbond substituents is 2. The van der Waals surface area contributed by atoms with Crippen molar-refractivity contribution < 1.29 is 10.2 Å². The Labute approximate surface area is 112 Å². The summed E-state index contributed by atoms with van der Waals surface area (Å²) in [5.74, 6) is -0.0975. The minimum Gasteiger partial charge on any atom is -0.504 e. The molecule has 1 aromatic rings. The van der Waals surface area contributed by atoms with E-state index in [4.69, 9.17) is 0 Å². The molecule has 2 nitrogen and oxygen atoms in total. The fraction of sp³-hybridized carbons (Fsp3) is 0.571. The van der Waals surface area contributed by atoms with Crippen molar-refractivity contribution >= 4 is 15.9 Å². The standard InChI is InChI=1S/C14H21BrO2/c1-13(2,3)8-7-9(14(4,5)6)11(16)12(17)10(8)15/h7,16-17H,1-6H3. The molecule has 0 aromatic heterocycles. The van der Waals surface area contributed by atoms with Crippen LogP contribution in [0.4, 0.5) is 0 Å². The van der Waals surface area contributed by atoms with Gasteiger partial charge in [-0.3, -0.25) is 0 Å². The number of halogens is 1. The Kier molecular flexibility index (Phi) is 3.55. The molecule has 0 unspecified atom stereocenters. The summed E-state index contributed by atoms with van der Waals surface area (Å²) in [7, 11) is 0. The van der Waals surface area contributed by atoms with Gasteiger partial charge in [0.2, 0.25) is 0 Å². The van der Waals surface area contributed by atoms with Gasteiger partial charge >= 0.3 is 0 Å². The molecule has 0 radical (unpaired) electrons. The van der Waals surface area contributed by atoms with Gasteiger partial charge in [0, 0.05) is 5.56 Å². The van der Waals surface area contributed by atoms with E-state index >= 15 is 0 Å². The Bertz CT molecular complexity index is 399. The summed E-state index contributed by atoms with van der Waals surface area (Å²) in [4.78, 5) is 0. The fourth-order valence-corrected chi connectivity index (χ4v) is 2.65. The van der Waals surface area contributed by atoms with Gasteiger partial charge in [-0.25, -0.2) is 0 Å². The zero-order valence-electron chi connectivity index (χ0n) is 11.3. The minimum absolute atomic E-state index is 0.0302. The van der Waals surface area contributed by atoms with Crippen LogP contribution in [-0.2, 0) is 10.8 Å². The second-order valence-electron chi connectivity index (χ2n) is 6.48. The van der Waals surface area contributed by atoms with E-state index in [0.717, 1.165) is 11.1 Å². The van der Waals surface area contributed by atoms with Crippen molar-refractivity contribution in [1.29, 1.82) is 0 Å². The molecule has 0 aliphatic rings. The van der Waals surface area contributed by atoms with Gasteiger partial charge in [0.25, 0.3) is 0 Å². The summed E-state index contributed by atoms with van der Waals surface area (Å²) >= 11 is 3.36. The molecule has 0 saturated heterocycles. The van der Waals surface area contributed by atoms with Gasteiger partial charge in [-0.15, -0.1) is 0 Å². The summed E-state index contributed by atoms with van der Waals surface area (Å²) < 4.78 is 0.579. The lowest BCUT2D eigenvalue weighted by Gasteiger charge is -2.27. The van der Waals surface area contributed by atoms with Crippen LogP contribution in [0.5, 0.6) is 11.5 Å². The highest BCUT2D eigenvalue weighted by Gasteiger charge is 2.28. The SMILES string of the molecule is CC(C)(C)c1cc(C(C)(C)C)c(Br)c(O)c1O. The maximum Gasteiger partial charge on any atom is 0.172 e. The van der Waals surface area contributed by atoms with E-state index in [1.165, 1.54) is 0 Å². The number of rotatable bonds is 0. The molecular formula is C14H21BrO2. The second-order valence-corrected chi connectivity index (χ2v) is 7.28. The molecule has 1 rings (SSSR count). The Morgan fingerprint density at radius 3 is 1.59 bits per heavy atom. The van der Waals surface area contributed by atoms with Crippen LogP contribution < -0.4 is 0 Å². The van der Waals surface area contributed by atoms with Crippen LogP contribution in [0.25, 0.3) is 0 Å². The summed E-state index contributed by atoms with van der Waals surface area (Å²) in [6, 6.07) is 1.97. The first-order chi connectivity index (χ1) is 7.46. The smallest absolute Gasteiger partial charge is 0.172 e. The molecule has 2 N–H and O–H groups in total. The van der Waals surface area contributed by atoms with Crippen molar-refractivity contribution in [3.05, 3.63) is 21.7 Å². The summed E-state index contributed by atoms with van der Waals surface area (Å²) in [6.45, 7) is 12.3. The van der Waals surface area contributed by atoms with Crippen LogP contribution in [-0.4, -0.2) is 10.2 Å². The van der Waals surface area contributed by atoms with Crippen molar-refractivity contribution in [2.45, 2.75) is 52.4 Å². The van der Waals surface area contributed by atoms with Crippen LogP contribution in [0.3, 0.4) is 0 Å². The average molecular weight is 301 g/mol. The highest BCUT2D eigenvalue weighted by atomic mass is 79.9. The van der Waals surface area contributed by atoms with Crippen LogP contribution in [0.15, 0.2) is 10.5 Å². The predicted octanol–water partition coefficient (Wildman–Crippen LogP) is 4.46. The van der Waals surface area contributed by atoms with Gasteiger partial charge in [-0.2, -0.15) is 0 Å². The lowest BCUT2D eigenvalue weighted by molar-refractivity contribution is 0.384. The summed E-state index contributed by atoms with van der Waals surface area (Å²) in [5.41, 5.74) is 1.47. The molecule has 0 spiro atoms. The highest BCUT2D eigenvalue weighted by Crippen LogP contribution is 2.46. The first-order valence-corrected chi connectivity index (χ1v) is 6.51. The number of hydrogen-bond acceptors (Lipinski definition) is 2. The lowest BCUT2D eigenvalue weighted by Crippen LogP contribution is -2.17. The Balaban J connectivity index is 3.63. The van der Waals surface area contributed by atoms with Crippen molar-refractivity contribution in [3.8, 4) is 11.5 Å². The molecule has 17 heavy (non-hydrogen) atoms. The topological polar surface area (TPSA) is 40.5 Å². The van der Waals surface area contributed by atoms with Crippen molar-refractivity contribution in [3.63, 3.8) is 0 Å². The highest BCUT2D eigenvalue weighted by molar-refractivity contribution is 9.10. The molecule has 0 aliphatic heterocycles. The van der Waals surface area contributed by atoms with Gasteiger partial charge in [0.1, 0.15) is 0 Å². The summed E-state index contributed by atoms with van der Waals surface area (Å²) in [5, 5.41) is 20.0. The van der Waals surface area contributed by atoms with E-state index in [0.29, 0.717) is 4.47 Å². The van der Waals surface area contributed by atoms with E-state index in [2.05, 4.69) is 36.7 Å². The zero-order valence-corrected chi connectivity index (χ0v) is 12.9. The molecule has 0 heterocycles. The Hall–Kier alpha value is -0.700. The molecule has 3 heteroatoms. The Morgan fingerprint density at radius 1 is 0.824 bits per heavy atom. The van der Waals surface area contributed by atoms with Gasteiger partial charge in [0.05, 0.1) is 4.47 Å². The first-order valence-electron chi connectivity index (χ1n) is 5.71. The molecule has 1 aromatic carbocycles. The van der Waals surface area contributed by atoms with Crippen molar-refractivity contribution in [2.75, 3.05) is 0 Å². The third kappa shape index (κ3) is 2.76. The second kappa shape index (κ2) is 4.20. The number of aromatic hydroxyl groups is 2. The maximum atomic E-state index is 10.0. The van der Waals surface area contributed by atoms with E-state index in [1.807, 2.05) is 26.8 Å². The zero-order chi connectivity index (χ0) is 13.6. The van der Waals surface area contributed by atoms with Gasteiger partial charge in [0.15, 0.2) is 11.5 Å². The number of hydrogen-bond donors (Lipinski definition) is 2. The largest absolute Gasteiger partial charge is 0.504 e. The first kappa shape index (κ1) is 14.4. The molecule has 96 valence electrons. The molecule has 0 bridgehead atoms. The van der Waals surface area contributed by atoms with Crippen LogP contribution in [0.2, 0.25) is 0 Å². The minimum atomic E-state index is -0.206. The van der Waals surface area contributed by atoms with Crippen LogP contribution >= 0.6 is 15.9 Å². The van der Waals surface area contributed by atoms with E-state index in [1.54, 1.807) is 0 Å². The van der Waals surface area contributed by atoms with Crippen LogP contribution in [0.1, 0.15) is 52.7 Å². The van der Waals surface area contributed by atoms with Gasteiger partial charge < -0.3 is 10.2 Å². The molecule has 0 fully saturated rings. The predicted molar refractivity (Wildman–Crippen MR) is 74.9 cm³/mol. The summed E-state index contributed by atoms with van der Waals surface area (Å²) in [6.07, 6.45) is 0. The van der Waals surface area contributed by atoms with E-state index in [-0.39, 0.29) is 22.3 Å². The van der Waals surface area contributed by atoms with Gasteiger partial charge in [-0.1, -0.05) is 41.5 Å². The lowest BCUT2D eigenvalue weighted by atomic mass is 9.80. The van der Waals surface area contributed by atoms with E-state index in [9.17, 15) is 10.2 Å². The maximum absolute atomic E-state index is 10.0. The molecule has 0 aliphatic carbocycles. The monoisotopic (exact) mass is 300 g/mol. The Morgan fingerprint density at radius 2 is 1.24 bits per heavy atom. The number of benzene rings is 1. The molecule has 0 atom stereocenters. The third-order valence-electron chi connectivity index (χ3n) is 2.83.